The number of hydrogen-bond acceptors (Lipinski definition) is 3. The van der Waals surface area contributed by atoms with Gasteiger partial charge in [0.05, 0.1) is 16.7 Å². The molecule has 1 aliphatic heterocycles. The average molecular weight is 337 g/mol. The zero-order valence-corrected chi connectivity index (χ0v) is 14.7. The fourth-order valence-corrected chi connectivity index (χ4v) is 3.69. The second-order valence-electron chi connectivity index (χ2n) is 6.71. The molecule has 3 heterocycles. The van der Waals surface area contributed by atoms with Gasteiger partial charge in [0, 0.05) is 31.6 Å². The summed E-state index contributed by atoms with van der Waals surface area (Å²) in [4.78, 5) is 21.8. The summed E-state index contributed by atoms with van der Waals surface area (Å²) in [6.45, 7) is 5.19. The number of rotatable bonds is 4. The molecule has 0 saturated heterocycles. The van der Waals surface area contributed by atoms with Crippen molar-refractivity contribution in [2.75, 3.05) is 0 Å². The van der Waals surface area contributed by atoms with Crippen LogP contribution in [0.2, 0.25) is 0 Å². The highest BCUT2D eigenvalue weighted by Gasteiger charge is 2.22. The number of para-hydroxylation sites is 2. The number of aryl methyl sites for hydroxylation is 3. The SMILES string of the molecule is CCc1nc2ccccc2n1CC(=O)N[C@@H]1CCc2nc(C)cn2C1. The lowest BCUT2D eigenvalue weighted by atomic mass is 10.1. The Kier molecular flexibility index (Phi) is 4.03. The van der Waals surface area contributed by atoms with Gasteiger partial charge in [0.2, 0.25) is 5.91 Å². The molecule has 0 fully saturated rings. The van der Waals surface area contributed by atoms with Crippen molar-refractivity contribution in [1.82, 2.24) is 24.4 Å². The number of nitrogens with zero attached hydrogens (tertiary/aromatic N) is 4. The molecule has 0 saturated carbocycles. The first-order chi connectivity index (χ1) is 12.1. The zero-order valence-electron chi connectivity index (χ0n) is 14.7. The number of fused-ring (bicyclic) bond motifs is 2. The highest BCUT2D eigenvalue weighted by Crippen LogP contribution is 2.17. The molecule has 0 aliphatic carbocycles. The Morgan fingerprint density at radius 1 is 1.32 bits per heavy atom. The van der Waals surface area contributed by atoms with E-state index in [9.17, 15) is 4.79 Å². The quantitative estimate of drug-likeness (QED) is 0.794. The maximum atomic E-state index is 12.6. The molecule has 4 rings (SSSR count). The highest BCUT2D eigenvalue weighted by molar-refractivity contribution is 5.81. The molecule has 6 nitrogen and oxygen atoms in total. The minimum Gasteiger partial charge on any atom is -0.350 e. The number of benzene rings is 1. The Hall–Kier alpha value is -2.63. The van der Waals surface area contributed by atoms with Crippen molar-refractivity contribution in [2.24, 2.45) is 0 Å². The van der Waals surface area contributed by atoms with Gasteiger partial charge in [0.15, 0.2) is 0 Å². The minimum atomic E-state index is 0.0446. The standard InChI is InChI=1S/C19H23N5O/c1-3-17-22-15-6-4-5-7-16(15)24(17)12-19(25)21-14-8-9-18-20-13(2)10-23(18)11-14/h4-7,10,14H,3,8-9,11-12H2,1-2H3,(H,21,25)/t14-/m1/s1. The first kappa shape index (κ1) is 15.9. The summed E-state index contributed by atoms with van der Waals surface area (Å²) in [5.41, 5.74) is 3.01. The highest BCUT2D eigenvalue weighted by atomic mass is 16.2. The lowest BCUT2D eigenvalue weighted by molar-refractivity contribution is -0.122. The lowest BCUT2D eigenvalue weighted by Gasteiger charge is -2.25. The molecule has 130 valence electrons. The maximum Gasteiger partial charge on any atom is 0.240 e. The summed E-state index contributed by atoms with van der Waals surface area (Å²) in [7, 11) is 0. The first-order valence-corrected chi connectivity index (χ1v) is 8.90. The van der Waals surface area contributed by atoms with E-state index in [-0.39, 0.29) is 11.9 Å². The largest absolute Gasteiger partial charge is 0.350 e. The van der Waals surface area contributed by atoms with E-state index in [2.05, 4.69) is 33.0 Å². The van der Waals surface area contributed by atoms with E-state index >= 15 is 0 Å². The summed E-state index contributed by atoms with van der Waals surface area (Å²) in [6.07, 6.45) is 4.72. The van der Waals surface area contributed by atoms with Gasteiger partial charge in [0.25, 0.3) is 0 Å². The molecule has 1 aromatic carbocycles. The molecule has 0 unspecified atom stereocenters. The van der Waals surface area contributed by atoms with Gasteiger partial charge in [-0.3, -0.25) is 4.79 Å². The van der Waals surface area contributed by atoms with Crippen LogP contribution in [0.25, 0.3) is 11.0 Å². The number of nitrogens with one attached hydrogen (secondary N) is 1. The van der Waals surface area contributed by atoms with E-state index in [0.717, 1.165) is 54.2 Å². The van der Waals surface area contributed by atoms with Crippen LogP contribution in [0.5, 0.6) is 0 Å². The topological polar surface area (TPSA) is 64.7 Å². The van der Waals surface area contributed by atoms with Crippen molar-refractivity contribution in [1.29, 1.82) is 0 Å². The van der Waals surface area contributed by atoms with Crippen LogP contribution >= 0.6 is 0 Å². The van der Waals surface area contributed by atoms with E-state index in [1.807, 2.05) is 35.8 Å². The van der Waals surface area contributed by atoms with Crippen LogP contribution in [0.15, 0.2) is 30.5 Å². The monoisotopic (exact) mass is 337 g/mol. The molecule has 1 atom stereocenters. The van der Waals surface area contributed by atoms with Crippen LogP contribution in [-0.2, 0) is 30.7 Å². The molecule has 0 spiro atoms. The van der Waals surface area contributed by atoms with Gasteiger partial charge in [0.1, 0.15) is 18.2 Å². The Balaban J connectivity index is 1.48. The van der Waals surface area contributed by atoms with E-state index < -0.39 is 0 Å². The van der Waals surface area contributed by atoms with Gasteiger partial charge in [-0.05, 0) is 25.5 Å². The van der Waals surface area contributed by atoms with Crippen molar-refractivity contribution < 1.29 is 4.79 Å². The Labute approximate surface area is 146 Å². The second kappa shape index (κ2) is 6.35. The average Bonchev–Trinajstić information content (AvgIpc) is 3.14. The van der Waals surface area contributed by atoms with Gasteiger partial charge in [-0.15, -0.1) is 0 Å². The van der Waals surface area contributed by atoms with Crippen molar-refractivity contribution in [3.63, 3.8) is 0 Å². The van der Waals surface area contributed by atoms with Crippen LogP contribution in [-0.4, -0.2) is 31.1 Å². The fraction of sp³-hybridized carbons (Fsp3) is 0.421. The van der Waals surface area contributed by atoms with Gasteiger partial charge in [-0.1, -0.05) is 19.1 Å². The molecule has 3 aromatic rings. The smallest absolute Gasteiger partial charge is 0.240 e. The molecule has 0 radical (unpaired) electrons. The predicted octanol–water partition coefficient (Wildman–Crippen LogP) is 2.23. The van der Waals surface area contributed by atoms with E-state index in [4.69, 9.17) is 0 Å². The second-order valence-corrected chi connectivity index (χ2v) is 6.71. The van der Waals surface area contributed by atoms with Crippen LogP contribution in [0.1, 0.15) is 30.7 Å². The summed E-state index contributed by atoms with van der Waals surface area (Å²) in [6, 6.07) is 8.14. The molecule has 1 N–H and O–H groups in total. The van der Waals surface area contributed by atoms with E-state index in [0.29, 0.717) is 6.54 Å². The van der Waals surface area contributed by atoms with Crippen LogP contribution in [0.3, 0.4) is 0 Å². The van der Waals surface area contributed by atoms with Crippen molar-refractivity contribution in [2.45, 2.75) is 52.2 Å². The summed E-state index contributed by atoms with van der Waals surface area (Å²) < 4.78 is 4.19. The van der Waals surface area contributed by atoms with Crippen LogP contribution < -0.4 is 5.32 Å². The van der Waals surface area contributed by atoms with Gasteiger partial charge >= 0.3 is 0 Å². The summed E-state index contributed by atoms with van der Waals surface area (Å²) >= 11 is 0. The molecule has 1 aliphatic rings. The molecule has 1 amide bonds. The van der Waals surface area contributed by atoms with Crippen molar-refractivity contribution in [3.05, 3.63) is 47.8 Å². The predicted molar refractivity (Wildman–Crippen MR) is 96.3 cm³/mol. The van der Waals surface area contributed by atoms with E-state index in [1.165, 1.54) is 0 Å². The molecule has 25 heavy (non-hydrogen) atoms. The molecule has 6 heteroatoms. The Morgan fingerprint density at radius 3 is 3.00 bits per heavy atom. The first-order valence-electron chi connectivity index (χ1n) is 8.90. The fourth-order valence-electron chi connectivity index (χ4n) is 3.69. The molecular formula is C19H23N5O. The molecular weight excluding hydrogens is 314 g/mol. The number of aromatic nitrogens is 4. The summed E-state index contributed by atoms with van der Waals surface area (Å²) in [5.74, 6) is 2.12. The van der Waals surface area contributed by atoms with Gasteiger partial charge < -0.3 is 14.5 Å². The lowest BCUT2D eigenvalue weighted by Crippen LogP contribution is -2.42. The number of imidazole rings is 2. The van der Waals surface area contributed by atoms with Crippen molar-refractivity contribution in [3.8, 4) is 0 Å². The van der Waals surface area contributed by atoms with Crippen LogP contribution in [0, 0.1) is 6.92 Å². The number of carbonyl (C=O) groups excluding carboxylic acids is 1. The third-order valence-corrected chi connectivity index (χ3v) is 4.83. The summed E-state index contributed by atoms with van der Waals surface area (Å²) in [5, 5.41) is 3.19. The zero-order chi connectivity index (χ0) is 17.4. The van der Waals surface area contributed by atoms with Gasteiger partial charge in [-0.25, -0.2) is 9.97 Å². The van der Waals surface area contributed by atoms with Gasteiger partial charge in [-0.2, -0.15) is 0 Å². The van der Waals surface area contributed by atoms with Crippen LogP contribution in [0.4, 0.5) is 0 Å². The third kappa shape index (κ3) is 3.04. The minimum absolute atomic E-state index is 0.0446. The normalized spacial score (nSPS) is 16.8. The Morgan fingerprint density at radius 2 is 2.16 bits per heavy atom. The maximum absolute atomic E-state index is 12.6. The Bertz CT molecular complexity index is 923. The number of hydrogen-bond donors (Lipinski definition) is 1. The number of amides is 1. The van der Waals surface area contributed by atoms with E-state index in [1.54, 1.807) is 0 Å². The molecule has 2 aromatic heterocycles. The third-order valence-electron chi connectivity index (χ3n) is 4.83. The number of carbonyl (C=O) groups is 1. The van der Waals surface area contributed by atoms with Crippen molar-refractivity contribution >= 4 is 16.9 Å². The molecule has 0 bridgehead atoms.